The molecular weight excluding hydrogens is 265 g/mol. The molecule has 0 aliphatic heterocycles. The van der Waals surface area contributed by atoms with Crippen LogP contribution >= 0.6 is 23.2 Å². The third-order valence-electron chi connectivity index (χ3n) is 3.21. The van der Waals surface area contributed by atoms with E-state index >= 15 is 0 Å². The van der Waals surface area contributed by atoms with E-state index in [2.05, 4.69) is 26.0 Å². The van der Waals surface area contributed by atoms with Gasteiger partial charge in [-0.1, -0.05) is 53.5 Å². The maximum Gasteiger partial charge on any atom is 0.0643 e. The minimum Gasteiger partial charge on any atom is -0.320 e. The van der Waals surface area contributed by atoms with Gasteiger partial charge < -0.3 is 5.73 Å². The van der Waals surface area contributed by atoms with Crippen LogP contribution in [-0.2, 0) is 0 Å². The van der Waals surface area contributed by atoms with Crippen molar-refractivity contribution in [3.05, 3.63) is 68.7 Å². The molecule has 94 valence electrons. The zero-order valence-corrected chi connectivity index (χ0v) is 11.9. The molecule has 1 unspecified atom stereocenters. The lowest BCUT2D eigenvalue weighted by Gasteiger charge is -2.16. The van der Waals surface area contributed by atoms with Crippen LogP contribution in [0.4, 0.5) is 0 Å². The minimum absolute atomic E-state index is 0.254. The first-order chi connectivity index (χ1) is 8.50. The van der Waals surface area contributed by atoms with Crippen LogP contribution in [0, 0.1) is 13.8 Å². The normalized spacial score (nSPS) is 12.5. The Hall–Kier alpha value is -1.02. The predicted octanol–water partition coefficient (Wildman–Crippen LogP) is 4.66. The van der Waals surface area contributed by atoms with Crippen LogP contribution in [-0.4, -0.2) is 0 Å². The molecule has 2 aromatic carbocycles. The van der Waals surface area contributed by atoms with Crippen molar-refractivity contribution in [3.63, 3.8) is 0 Å². The molecule has 0 aliphatic carbocycles. The number of hydrogen-bond acceptors (Lipinski definition) is 1. The molecule has 0 spiro atoms. The second-order valence-corrected chi connectivity index (χ2v) is 5.25. The number of benzene rings is 2. The van der Waals surface area contributed by atoms with Gasteiger partial charge in [0.05, 0.1) is 16.1 Å². The van der Waals surface area contributed by atoms with Crippen LogP contribution in [0.2, 0.25) is 10.0 Å². The smallest absolute Gasteiger partial charge is 0.0643 e. The third kappa shape index (κ3) is 2.54. The lowest BCUT2D eigenvalue weighted by molar-refractivity contribution is 0.869. The summed E-state index contributed by atoms with van der Waals surface area (Å²) in [5.74, 6) is 0. The van der Waals surface area contributed by atoms with Crippen LogP contribution in [0.15, 0.2) is 36.4 Å². The molecule has 18 heavy (non-hydrogen) atoms. The predicted molar refractivity (Wildman–Crippen MR) is 78.4 cm³/mol. The Bertz CT molecular complexity index is 579. The highest BCUT2D eigenvalue weighted by molar-refractivity contribution is 6.42. The first-order valence-corrected chi connectivity index (χ1v) is 6.53. The van der Waals surface area contributed by atoms with E-state index in [1.165, 1.54) is 11.1 Å². The first kappa shape index (κ1) is 13.4. The summed E-state index contributed by atoms with van der Waals surface area (Å²) >= 11 is 12.2. The summed E-state index contributed by atoms with van der Waals surface area (Å²) in [7, 11) is 0. The van der Waals surface area contributed by atoms with Gasteiger partial charge >= 0.3 is 0 Å². The summed E-state index contributed by atoms with van der Waals surface area (Å²) < 4.78 is 0. The summed E-state index contributed by atoms with van der Waals surface area (Å²) in [5.41, 5.74) is 10.6. The van der Waals surface area contributed by atoms with E-state index in [-0.39, 0.29) is 6.04 Å². The molecule has 0 aliphatic rings. The molecule has 2 rings (SSSR count). The second-order valence-electron chi connectivity index (χ2n) is 4.46. The van der Waals surface area contributed by atoms with Crippen molar-refractivity contribution in [1.82, 2.24) is 0 Å². The van der Waals surface area contributed by atoms with Gasteiger partial charge in [0, 0.05) is 0 Å². The number of rotatable bonds is 2. The number of halogens is 2. The largest absolute Gasteiger partial charge is 0.320 e. The van der Waals surface area contributed by atoms with E-state index in [1.54, 1.807) is 6.07 Å². The van der Waals surface area contributed by atoms with Crippen LogP contribution in [0.3, 0.4) is 0 Å². The maximum absolute atomic E-state index is 6.26. The quantitative estimate of drug-likeness (QED) is 0.850. The number of hydrogen-bond donors (Lipinski definition) is 1. The molecular formula is C15H15Cl2N. The van der Waals surface area contributed by atoms with Gasteiger partial charge in [0.25, 0.3) is 0 Å². The molecule has 0 fully saturated rings. The van der Waals surface area contributed by atoms with E-state index in [0.29, 0.717) is 10.0 Å². The van der Waals surface area contributed by atoms with E-state index in [0.717, 1.165) is 11.1 Å². The third-order valence-corrected chi connectivity index (χ3v) is 4.04. The van der Waals surface area contributed by atoms with Crippen LogP contribution in [0.1, 0.15) is 28.3 Å². The Balaban J connectivity index is 2.44. The first-order valence-electron chi connectivity index (χ1n) is 5.77. The van der Waals surface area contributed by atoms with Crippen LogP contribution < -0.4 is 5.73 Å². The Morgan fingerprint density at radius 1 is 1.00 bits per heavy atom. The van der Waals surface area contributed by atoms with E-state index < -0.39 is 0 Å². The van der Waals surface area contributed by atoms with E-state index in [1.807, 2.05) is 18.2 Å². The van der Waals surface area contributed by atoms with Crippen molar-refractivity contribution >= 4 is 23.2 Å². The molecule has 1 atom stereocenters. The Kier molecular flexibility index (Phi) is 3.96. The van der Waals surface area contributed by atoms with Crippen molar-refractivity contribution < 1.29 is 0 Å². The fraction of sp³-hybridized carbons (Fsp3) is 0.200. The van der Waals surface area contributed by atoms with Crippen molar-refractivity contribution in [3.8, 4) is 0 Å². The molecule has 0 aromatic heterocycles. The summed E-state index contributed by atoms with van der Waals surface area (Å²) in [5, 5.41) is 1.07. The summed E-state index contributed by atoms with van der Waals surface area (Å²) in [6.07, 6.45) is 0. The molecule has 0 saturated carbocycles. The molecule has 2 aromatic rings. The van der Waals surface area contributed by atoms with Gasteiger partial charge in [-0.25, -0.2) is 0 Å². The highest BCUT2D eigenvalue weighted by Crippen LogP contribution is 2.32. The molecule has 1 nitrogen and oxygen atoms in total. The Labute approximate surface area is 118 Å². The van der Waals surface area contributed by atoms with E-state index in [4.69, 9.17) is 28.9 Å². The van der Waals surface area contributed by atoms with Gasteiger partial charge in [-0.2, -0.15) is 0 Å². The van der Waals surface area contributed by atoms with Gasteiger partial charge in [0.15, 0.2) is 0 Å². The Morgan fingerprint density at radius 3 is 2.39 bits per heavy atom. The van der Waals surface area contributed by atoms with Gasteiger partial charge in [0.1, 0.15) is 0 Å². The van der Waals surface area contributed by atoms with Crippen molar-refractivity contribution in [1.29, 1.82) is 0 Å². The maximum atomic E-state index is 6.26. The fourth-order valence-electron chi connectivity index (χ4n) is 1.90. The van der Waals surface area contributed by atoms with E-state index in [9.17, 15) is 0 Å². The van der Waals surface area contributed by atoms with Crippen molar-refractivity contribution in [2.45, 2.75) is 19.9 Å². The monoisotopic (exact) mass is 279 g/mol. The minimum atomic E-state index is -0.254. The number of aryl methyl sites for hydroxylation is 2. The number of nitrogens with two attached hydrogens (primary N) is 1. The zero-order chi connectivity index (χ0) is 13.3. The SMILES string of the molecule is Cc1ccc(C(N)c2cccc(Cl)c2Cl)cc1C. The molecule has 0 saturated heterocycles. The standard InChI is InChI=1S/C15H15Cl2N/c1-9-6-7-11(8-10(9)2)15(18)12-4-3-5-13(16)14(12)17/h3-8,15H,18H2,1-2H3. The van der Waals surface area contributed by atoms with Gasteiger partial charge in [-0.05, 0) is 42.2 Å². The topological polar surface area (TPSA) is 26.0 Å². The summed E-state index contributed by atoms with van der Waals surface area (Å²) in [4.78, 5) is 0. The second kappa shape index (κ2) is 5.31. The average Bonchev–Trinajstić information content (AvgIpc) is 2.35. The molecule has 0 amide bonds. The Morgan fingerprint density at radius 2 is 1.72 bits per heavy atom. The molecule has 2 N–H and O–H groups in total. The molecule has 0 bridgehead atoms. The van der Waals surface area contributed by atoms with Gasteiger partial charge in [0.2, 0.25) is 0 Å². The highest BCUT2D eigenvalue weighted by atomic mass is 35.5. The van der Waals surface area contributed by atoms with Crippen LogP contribution in [0.25, 0.3) is 0 Å². The van der Waals surface area contributed by atoms with Gasteiger partial charge in [-0.3, -0.25) is 0 Å². The highest BCUT2D eigenvalue weighted by Gasteiger charge is 2.14. The fourth-order valence-corrected chi connectivity index (χ4v) is 2.32. The lowest BCUT2D eigenvalue weighted by atomic mass is 9.96. The summed E-state index contributed by atoms with van der Waals surface area (Å²) in [6.45, 7) is 4.15. The lowest BCUT2D eigenvalue weighted by Crippen LogP contribution is -2.12. The molecule has 0 radical (unpaired) electrons. The molecule has 0 heterocycles. The molecule has 3 heteroatoms. The zero-order valence-electron chi connectivity index (χ0n) is 10.4. The van der Waals surface area contributed by atoms with Gasteiger partial charge in [-0.15, -0.1) is 0 Å². The van der Waals surface area contributed by atoms with Crippen molar-refractivity contribution in [2.75, 3.05) is 0 Å². The average molecular weight is 280 g/mol. The summed E-state index contributed by atoms with van der Waals surface area (Å²) in [6, 6.07) is 11.5. The van der Waals surface area contributed by atoms with Crippen molar-refractivity contribution in [2.24, 2.45) is 5.73 Å². The van der Waals surface area contributed by atoms with Crippen LogP contribution in [0.5, 0.6) is 0 Å².